The summed E-state index contributed by atoms with van der Waals surface area (Å²) in [6.07, 6.45) is 1.89. The van der Waals surface area contributed by atoms with E-state index in [2.05, 4.69) is 43.3 Å². The molecule has 3 rings (SSSR count). The van der Waals surface area contributed by atoms with Crippen LogP contribution in [0.2, 0.25) is 5.02 Å². The monoisotopic (exact) mass is 318 g/mol. The highest BCUT2D eigenvalue weighted by Crippen LogP contribution is 2.37. The number of amidine groups is 1. The van der Waals surface area contributed by atoms with Gasteiger partial charge >= 0.3 is 0 Å². The quantitative estimate of drug-likeness (QED) is 0.726. The van der Waals surface area contributed by atoms with E-state index in [9.17, 15) is 0 Å². The third-order valence-corrected chi connectivity index (χ3v) is 5.46. The van der Waals surface area contributed by atoms with Crippen LogP contribution in [0.25, 0.3) is 0 Å². The van der Waals surface area contributed by atoms with E-state index in [-0.39, 0.29) is 0 Å². The maximum Gasteiger partial charge on any atom is 0.105 e. The number of halogens is 1. The van der Waals surface area contributed by atoms with E-state index in [0.29, 0.717) is 6.04 Å². The van der Waals surface area contributed by atoms with Crippen LogP contribution in [-0.2, 0) is 6.42 Å². The van der Waals surface area contributed by atoms with Gasteiger partial charge in [-0.2, -0.15) is 0 Å². The van der Waals surface area contributed by atoms with Crippen molar-refractivity contribution in [3.05, 3.63) is 50.7 Å². The number of aryl methyl sites for hydroxylation is 1. The van der Waals surface area contributed by atoms with Gasteiger partial charge in [0.05, 0.1) is 11.7 Å². The SMILES string of the molecule is CCC1=Nc2cc(Cl)ccc2CC(c2sccc2C)N1C. The Balaban J connectivity index is 2.11. The summed E-state index contributed by atoms with van der Waals surface area (Å²) >= 11 is 7.97. The Morgan fingerprint density at radius 2 is 2.19 bits per heavy atom. The van der Waals surface area contributed by atoms with Crippen molar-refractivity contribution >= 4 is 34.5 Å². The fraction of sp³-hybridized carbons (Fsp3) is 0.353. The number of thiophene rings is 1. The molecule has 1 aliphatic heterocycles. The first-order chi connectivity index (χ1) is 10.1. The Hall–Kier alpha value is -1.32. The van der Waals surface area contributed by atoms with Crippen molar-refractivity contribution in [2.75, 3.05) is 7.05 Å². The molecule has 0 N–H and O–H groups in total. The van der Waals surface area contributed by atoms with Crippen LogP contribution < -0.4 is 0 Å². The molecular formula is C17H19ClN2S. The minimum Gasteiger partial charge on any atom is -0.355 e. The predicted octanol–water partition coefficient (Wildman–Crippen LogP) is 5.38. The molecule has 0 saturated heterocycles. The molecule has 110 valence electrons. The van der Waals surface area contributed by atoms with Gasteiger partial charge in [-0.25, -0.2) is 4.99 Å². The van der Waals surface area contributed by atoms with E-state index < -0.39 is 0 Å². The average Bonchev–Trinajstić information content (AvgIpc) is 2.83. The molecule has 1 unspecified atom stereocenters. The van der Waals surface area contributed by atoms with Crippen molar-refractivity contribution in [2.45, 2.75) is 32.7 Å². The zero-order chi connectivity index (χ0) is 15.0. The van der Waals surface area contributed by atoms with Crippen molar-refractivity contribution < 1.29 is 0 Å². The summed E-state index contributed by atoms with van der Waals surface area (Å²) < 4.78 is 0. The lowest BCUT2D eigenvalue weighted by Gasteiger charge is -2.29. The lowest BCUT2D eigenvalue weighted by Crippen LogP contribution is -2.30. The van der Waals surface area contributed by atoms with Crippen LogP contribution in [0, 0.1) is 6.92 Å². The topological polar surface area (TPSA) is 15.6 Å². The maximum atomic E-state index is 6.14. The fourth-order valence-corrected chi connectivity index (χ4v) is 4.12. The van der Waals surface area contributed by atoms with Gasteiger partial charge in [-0.05, 0) is 48.1 Å². The van der Waals surface area contributed by atoms with Crippen molar-refractivity contribution in [3.8, 4) is 0 Å². The summed E-state index contributed by atoms with van der Waals surface area (Å²) in [4.78, 5) is 8.61. The molecule has 0 spiro atoms. The van der Waals surface area contributed by atoms with E-state index in [4.69, 9.17) is 16.6 Å². The highest BCUT2D eigenvalue weighted by molar-refractivity contribution is 7.10. The summed E-state index contributed by atoms with van der Waals surface area (Å²) in [7, 11) is 2.15. The second-order valence-electron chi connectivity index (χ2n) is 5.45. The number of rotatable bonds is 2. The summed E-state index contributed by atoms with van der Waals surface area (Å²) in [5.41, 5.74) is 3.65. The van der Waals surface area contributed by atoms with E-state index >= 15 is 0 Å². The number of hydrogen-bond acceptors (Lipinski definition) is 3. The first-order valence-electron chi connectivity index (χ1n) is 7.23. The van der Waals surface area contributed by atoms with Gasteiger partial charge in [-0.1, -0.05) is 24.6 Å². The zero-order valence-corrected chi connectivity index (χ0v) is 14.1. The van der Waals surface area contributed by atoms with Gasteiger partial charge in [-0.3, -0.25) is 0 Å². The molecule has 0 amide bonds. The largest absolute Gasteiger partial charge is 0.355 e. The molecule has 1 aliphatic rings. The molecule has 0 saturated carbocycles. The molecule has 0 aliphatic carbocycles. The van der Waals surface area contributed by atoms with E-state index in [1.54, 1.807) is 0 Å². The van der Waals surface area contributed by atoms with Crippen LogP contribution in [0.1, 0.15) is 35.4 Å². The molecular weight excluding hydrogens is 300 g/mol. The smallest absolute Gasteiger partial charge is 0.105 e. The maximum absolute atomic E-state index is 6.14. The van der Waals surface area contributed by atoms with Gasteiger partial charge in [-0.15, -0.1) is 11.3 Å². The molecule has 2 nitrogen and oxygen atoms in total. The standard InChI is InChI=1S/C17H19ClN2S/c1-4-16-19-14-10-13(18)6-5-12(14)9-15(20(16)3)17-11(2)7-8-21-17/h5-8,10,15H,4,9H2,1-3H3. The van der Waals surface area contributed by atoms with Crippen molar-refractivity contribution in [3.63, 3.8) is 0 Å². The van der Waals surface area contributed by atoms with E-state index in [1.165, 1.54) is 16.0 Å². The van der Waals surface area contributed by atoms with Gasteiger partial charge in [0, 0.05) is 23.4 Å². The highest BCUT2D eigenvalue weighted by Gasteiger charge is 2.26. The zero-order valence-electron chi connectivity index (χ0n) is 12.6. The second kappa shape index (κ2) is 5.82. The van der Waals surface area contributed by atoms with Crippen LogP contribution >= 0.6 is 22.9 Å². The Kier molecular flexibility index (Phi) is 4.05. The van der Waals surface area contributed by atoms with E-state index in [0.717, 1.165) is 29.4 Å². The van der Waals surface area contributed by atoms with Gasteiger partial charge in [0.15, 0.2) is 0 Å². The van der Waals surface area contributed by atoms with Crippen LogP contribution in [0.4, 0.5) is 5.69 Å². The minimum absolute atomic E-state index is 0.353. The Morgan fingerprint density at radius 3 is 2.86 bits per heavy atom. The molecule has 0 bridgehead atoms. The second-order valence-corrected chi connectivity index (χ2v) is 6.84. The lowest BCUT2D eigenvalue weighted by molar-refractivity contribution is 0.374. The third-order valence-electron chi connectivity index (χ3n) is 4.11. The Bertz CT molecular complexity index is 690. The predicted molar refractivity (Wildman–Crippen MR) is 92.1 cm³/mol. The minimum atomic E-state index is 0.353. The van der Waals surface area contributed by atoms with Crippen molar-refractivity contribution in [1.82, 2.24) is 4.90 Å². The highest BCUT2D eigenvalue weighted by atomic mass is 35.5. The Morgan fingerprint density at radius 1 is 1.38 bits per heavy atom. The molecule has 0 radical (unpaired) electrons. The summed E-state index contributed by atoms with van der Waals surface area (Å²) in [5.74, 6) is 1.12. The van der Waals surface area contributed by atoms with Crippen molar-refractivity contribution in [1.29, 1.82) is 0 Å². The number of hydrogen-bond donors (Lipinski definition) is 0. The number of benzene rings is 1. The van der Waals surface area contributed by atoms with Gasteiger partial charge in [0.1, 0.15) is 5.84 Å². The van der Waals surface area contributed by atoms with Crippen LogP contribution in [0.3, 0.4) is 0 Å². The Labute approximate surface area is 135 Å². The number of likely N-dealkylation sites (N-methyl/N-ethyl adjacent to an activating group) is 1. The first kappa shape index (κ1) is 14.6. The lowest BCUT2D eigenvalue weighted by atomic mass is 10.0. The summed E-state index contributed by atoms with van der Waals surface area (Å²) in [5, 5.41) is 2.93. The molecule has 0 fully saturated rings. The molecule has 21 heavy (non-hydrogen) atoms. The molecule has 2 heterocycles. The number of fused-ring (bicyclic) bond motifs is 1. The van der Waals surface area contributed by atoms with Crippen LogP contribution in [-0.4, -0.2) is 17.8 Å². The number of nitrogens with zero attached hydrogens (tertiary/aromatic N) is 2. The van der Waals surface area contributed by atoms with E-state index in [1.807, 2.05) is 23.5 Å². The third kappa shape index (κ3) is 2.72. The van der Waals surface area contributed by atoms with Gasteiger partial charge < -0.3 is 4.90 Å². The van der Waals surface area contributed by atoms with Crippen LogP contribution in [0.15, 0.2) is 34.6 Å². The average molecular weight is 319 g/mol. The van der Waals surface area contributed by atoms with Gasteiger partial charge in [0.25, 0.3) is 0 Å². The van der Waals surface area contributed by atoms with Gasteiger partial charge in [0.2, 0.25) is 0 Å². The number of aliphatic imine (C=N–C) groups is 1. The van der Waals surface area contributed by atoms with Crippen LogP contribution in [0.5, 0.6) is 0 Å². The molecule has 1 atom stereocenters. The summed E-state index contributed by atoms with van der Waals surface area (Å²) in [6.45, 7) is 4.35. The normalized spacial score (nSPS) is 18.2. The first-order valence-corrected chi connectivity index (χ1v) is 8.48. The molecule has 1 aromatic heterocycles. The van der Waals surface area contributed by atoms with Crippen molar-refractivity contribution in [2.24, 2.45) is 4.99 Å². The summed E-state index contributed by atoms with van der Waals surface area (Å²) in [6, 6.07) is 8.61. The molecule has 4 heteroatoms. The fourth-order valence-electron chi connectivity index (χ4n) is 2.88. The molecule has 1 aromatic carbocycles. The molecule has 2 aromatic rings.